The molecule has 0 radical (unpaired) electrons. The molecule has 0 bridgehead atoms. The van der Waals surface area contributed by atoms with Gasteiger partial charge in [-0.1, -0.05) is 38.0 Å². The summed E-state index contributed by atoms with van der Waals surface area (Å²) in [5.41, 5.74) is 1.26. The van der Waals surface area contributed by atoms with Crippen LogP contribution in [0.2, 0.25) is 0 Å². The Morgan fingerprint density at radius 2 is 2.14 bits per heavy atom. The summed E-state index contributed by atoms with van der Waals surface area (Å²) in [7, 11) is -1.08. The number of ketones is 1. The molecular weight excluding hydrogens is 284 g/mol. The lowest BCUT2D eigenvalue weighted by molar-refractivity contribution is 0.102. The first-order valence-electron chi connectivity index (χ1n) is 7.51. The van der Waals surface area contributed by atoms with E-state index in [0.717, 1.165) is 24.6 Å². The third-order valence-electron chi connectivity index (χ3n) is 4.31. The Morgan fingerprint density at radius 1 is 1.33 bits per heavy atom. The second kappa shape index (κ2) is 6.14. The summed E-state index contributed by atoms with van der Waals surface area (Å²) >= 11 is 0. The van der Waals surface area contributed by atoms with Crippen LogP contribution in [0.4, 0.5) is 0 Å². The Kier molecular flexibility index (Phi) is 4.24. The van der Waals surface area contributed by atoms with Gasteiger partial charge in [-0.05, 0) is 24.8 Å². The average molecular weight is 304 g/mol. The molecule has 1 aliphatic rings. The lowest BCUT2D eigenvalue weighted by atomic mass is 9.91. The van der Waals surface area contributed by atoms with E-state index in [4.69, 9.17) is 4.42 Å². The summed E-state index contributed by atoms with van der Waals surface area (Å²) in [5, 5.41) is 0.993. The molecule has 0 aliphatic heterocycles. The number of para-hydroxylation sites is 1. The predicted molar refractivity (Wildman–Crippen MR) is 85.0 cm³/mol. The van der Waals surface area contributed by atoms with E-state index in [2.05, 4.69) is 6.92 Å². The van der Waals surface area contributed by atoms with E-state index in [1.807, 2.05) is 24.3 Å². The number of rotatable bonds is 4. The molecule has 3 rings (SSSR count). The Bertz CT molecular complexity index is 673. The zero-order valence-electron chi connectivity index (χ0n) is 12.2. The minimum absolute atomic E-state index is 0.0727. The fraction of sp³-hybridized carbons (Fsp3) is 0.471. The van der Waals surface area contributed by atoms with Crippen molar-refractivity contribution in [3.8, 4) is 0 Å². The van der Waals surface area contributed by atoms with Crippen molar-refractivity contribution in [3.63, 3.8) is 0 Å². The van der Waals surface area contributed by atoms with Gasteiger partial charge < -0.3 is 4.42 Å². The lowest BCUT2D eigenvalue weighted by Crippen LogP contribution is -2.27. The molecule has 1 fully saturated rings. The molecule has 0 N–H and O–H groups in total. The first kappa shape index (κ1) is 14.5. The molecule has 4 heteroatoms. The minimum atomic E-state index is -1.08. The summed E-state index contributed by atoms with van der Waals surface area (Å²) in [4.78, 5) is 12.4. The molecule has 3 nitrogen and oxygen atoms in total. The number of carbonyl (C=O) groups excluding carboxylic acids is 1. The van der Waals surface area contributed by atoms with Gasteiger partial charge in [-0.3, -0.25) is 9.00 Å². The zero-order chi connectivity index (χ0) is 14.8. The number of fused-ring (bicyclic) bond motifs is 1. The Balaban J connectivity index is 1.72. The van der Waals surface area contributed by atoms with E-state index >= 15 is 0 Å². The van der Waals surface area contributed by atoms with Gasteiger partial charge in [0, 0.05) is 21.4 Å². The molecule has 3 atom stereocenters. The zero-order valence-corrected chi connectivity index (χ0v) is 13.0. The van der Waals surface area contributed by atoms with Crippen molar-refractivity contribution in [2.45, 2.75) is 37.9 Å². The topological polar surface area (TPSA) is 47.3 Å². The van der Waals surface area contributed by atoms with Crippen molar-refractivity contribution < 1.29 is 13.4 Å². The average Bonchev–Trinajstić information content (AvgIpc) is 2.91. The molecule has 2 aromatic rings. The van der Waals surface area contributed by atoms with Crippen molar-refractivity contribution in [1.82, 2.24) is 0 Å². The van der Waals surface area contributed by atoms with Gasteiger partial charge in [0.1, 0.15) is 11.8 Å². The summed E-state index contributed by atoms with van der Waals surface area (Å²) in [6.07, 6.45) is 5.80. The molecule has 3 unspecified atom stereocenters. The quantitative estimate of drug-likeness (QED) is 0.804. The number of benzene rings is 1. The number of hydrogen-bond acceptors (Lipinski definition) is 3. The van der Waals surface area contributed by atoms with Crippen LogP contribution >= 0.6 is 0 Å². The van der Waals surface area contributed by atoms with Gasteiger partial charge >= 0.3 is 0 Å². The molecule has 1 aliphatic carbocycles. The predicted octanol–water partition coefficient (Wildman–Crippen LogP) is 3.94. The Labute approximate surface area is 127 Å². The highest BCUT2D eigenvalue weighted by Gasteiger charge is 2.26. The number of hydrogen-bond donors (Lipinski definition) is 0. The van der Waals surface area contributed by atoms with Crippen LogP contribution in [0, 0.1) is 5.92 Å². The van der Waals surface area contributed by atoms with Gasteiger partial charge in [-0.2, -0.15) is 0 Å². The second-order valence-electron chi connectivity index (χ2n) is 5.99. The number of Topliss-reactive ketones (excluding diaryl/α,β-unsaturated/α-hetero) is 1. The first-order chi connectivity index (χ1) is 10.1. The largest absolute Gasteiger partial charge is 0.464 e. The second-order valence-corrected chi connectivity index (χ2v) is 7.70. The molecule has 1 aromatic carbocycles. The van der Waals surface area contributed by atoms with Crippen molar-refractivity contribution in [2.24, 2.45) is 5.92 Å². The smallest absolute Gasteiger partial charge is 0.179 e. The molecule has 1 saturated carbocycles. The van der Waals surface area contributed by atoms with Crippen LogP contribution in [0.1, 0.15) is 43.0 Å². The molecule has 0 spiro atoms. The maximum absolute atomic E-state index is 12.4. The van der Waals surface area contributed by atoms with Crippen LogP contribution in [-0.4, -0.2) is 21.0 Å². The maximum Gasteiger partial charge on any atom is 0.179 e. The molecular formula is C17H20O3S. The van der Waals surface area contributed by atoms with Crippen molar-refractivity contribution in [3.05, 3.63) is 36.1 Å². The van der Waals surface area contributed by atoms with Gasteiger partial charge in [0.25, 0.3) is 0 Å². The third-order valence-corrected chi connectivity index (χ3v) is 6.03. The Hall–Kier alpha value is -1.42. The van der Waals surface area contributed by atoms with Gasteiger partial charge in [0.2, 0.25) is 0 Å². The van der Waals surface area contributed by atoms with Crippen molar-refractivity contribution in [1.29, 1.82) is 0 Å². The highest BCUT2D eigenvalue weighted by molar-refractivity contribution is 7.86. The number of carbonyl (C=O) groups is 1. The Morgan fingerprint density at radius 3 is 2.95 bits per heavy atom. The van der Waals surface area contributed by atoms with Crippen LogP contribution in [0.5, 0.6) is 0 Å². The molecule has 0 saturated heterocycles. The molecule has 1 heterocycles. The highest BCUT2D eigenvalue weighted by Crippen LogP contribution is 2.28. The van der Waals surface area contributed by atoms with E-state index < -0.39 is 10.8 Å². The summed E-state index contributed by atoms with van der Waals surface area (Å²) in [5.74, 6) is 0.662. The molecule has 0 amide bonds. The van der Waals surface area contributed by atoms with Crippen LogP contribution in [0.15, 0.2) is 34.9 Å². The van der Waals surface area contributed by atoms with Crippen molar-refractivity contribution >= 4 is 27.6 Å². The molecule has 1 aromatic heterocycles. The highest BCUT2D eigenvalue weighted by atomic mass is 32.2. The molecule has 112 valence electrons. The summed E-state index contributed by atoms with van der Waals surface area (Å²) in [6.45, 7) is 2.20. The van der Waals surface area contributed by atoms with Crippen LogP contribution in [0.25, 0.3) is 11.0 Å². The van der Waals surface area contributed by atoms with Crippen LogP contribution < -0.4 is 0 Å². The van der Waals surface area contributed by atoms with E-state index in [0.29, 0.717) is 17.1 Å². The van der Waals surface area contributed by atoms with E-state index in [-0.39, 0.29) is 16.8 Å². The van der Waals surface area contributed by atoms with Gasteiger partial charge in [-0.15, -0.1) is 0 Å². The van der Waals surface area contributed by atoms with Crippen LogP contribution in [-0.2, 0) is 10.8 Å². The minimum Gasteiger partial charge on any atom is -0.464 e. The monoisotopic (exact) mass is 304 g/mol. The SMILES string of the molecule is CC1CCCC(S(=O)CC(=O)c2coc3ccccc23)C1. The lowest BCUT2D eigenvalue weighted by Gasteiger charge is -2.25. The van der Waals surface area contributed by atoms with E-state index in [9.17, 15) is 9.00 Å². The van der Waals surface area contributed by atoms with Gasteiger partial charge in [0.05, 0.1) is 11.3 Å². The summed E-state index contributed by atoms with van der Waals surface area (Å²) in [6, 6.07) is 7.47. The standard InChI is InChI=1S/C17H20O3S/c1-12-5-4-6-13(9-12)21(19)11-16(18)15-10-20-17-8-3-2-7-14(15)17/h2-3,7-8,10,12-13H,4-6,9,11H2,1H3. The third kappa shape index (κ3) is 3.10. The van der Waals surface area contributed by atoms with E-state index in [1.54, 1.807) is 0 Å². The van der Waals surface area contributed by atoms with Gasteiger partial charge in [0.15, 0.2) is 5.78 Å². The van der Waals surface area contributed by atoms with Crippen molar-refractivity contribution in [2.75, 3.05) is 5.75 Å². The number of furan rings is 1. The fourth-order valence-corrected chi connectivity index (χ4v) is 4.76. The normalized spacial score (nSPS) is 24.0. The van der Waals surface area contributed by atoms with Gasteiger partial charge in [-0.25, -0.2) is 0 Å². The maximum atomic E-state index is 12.4. The van der Waals surface area contributed by atoms with Crippen LogP contribution in [0.3, 0.4) is 0 Å². The fourth-order valence-electron chi connectivity index (χ4n) is 3.14. The summed E-state index contributed by atoms with van der Waals surface area (Å²) < 4.78 is 17.8. The van der Waals surface area contributed by atoms with E-state index in [1.165, 1.54) is 12.7 Å². The first-order valence-corrected chi connectivity index (χ1v) is 8.90. The molecule has 21 heavy (non-hydrogen) atoms.